The first kappa shape index (κ1) is 22.8. The highest BCUT2D eigenvalue weighted by atomic mass is 15.3. The first-order valence-electron chi connectivity index (χ1n) is 12.1. The van der Waals surface area contributed by atoms with Gasteiger partial charge in [-0.05, 0) is 49.4 Å². The Morgan fingerprint density at radius 3 is 2.06 bits per heavy atom. The number of H-pyrrole nitrogens is 1. The molecule has 2 aromatic heterocycles. The van der Waals surface area contributed by atoms with Crippen LogP contribution in [0.25, 0.3) is 22.5 Å². The first-order valence-corrected chi connectivity index (χ1v) is 12.1. The summed E-state index contributed by atoms with van der Waals surface area (Å²) in [7, 11) is 0. The number of benzene rings is 1. The van der Waals surface area contributed by atoms with E-state index in [-0.39, 0.29) is 0 Å². The summed E-state index contributed by atoms with van der Waals surface area (Å²) < 4.78 is 0. The number of hydrogen-bond donors (Lipinski definition) is 1. The summed E-state index contributed by atoms with van der Waals surface area (Å²) in [4.78, 5) is 13.6. The number of pyridine rings is 1. The lowest BCUT2D eigenvalue weighted by Crippen LogP contribution is -2.48. The third-order valence-electron chi connectivity index (χ3n) is 6.57. The number of aromatic amines is 1. The summed E-state index contributed by atoms with van der Waals surface area (Å²) in [6.07, 6.45) is 0. The Labute approximate surface area is 193 Å². The van der Waals surface area contributed by atoms with Gasteiger partial charge in [-0.1, -0.05) is 51.1 Å². The molecule has 0 amide bonds. The maximum Gasteiger partial charge on any atom is 0.0727 e. The van der Waals surface area contributed by atoms with Gasteiger partial charge in [0, 0.05) is 61.8 Å². The van der Waals surface area contributed by atoms with Gasteiger partial charge in [0.05, 0.1) is 11.4 Å². The Balaban J connectivity index is 1.39. The number of rotatable bonds is 7. The molecule has 0 spiro atoms. The third kappa shape index (κ3) is 5.48. The summed E-state index contributed by atoms with van der Waals surface area (Å²) in [5, 5.41) is 0. The van der Waals surface area contributed by atoms with Crippen molar-refractivity contribution < 1.29 is 0 Å². The number of hydrogen-bond acceptors (Lipinski definition) is 3. The van der Waals surface area contributed by atoms with Crippen LogP contribution in [0.5, 0.6) is 0 Å². The van der Waals surface area contributed by atoms with Gasteiger partial charge in [-0.25, -0.2) is 4.98 Å². The predicted octanol–water partition coefficient (Wildman–Crippen LogP) is 5.74. The molecule has 3 aromatic rings. The lowest BCUT2D eigenvalue weighted by molar-refractivity contribution is 0.118. The van der Waals surface area contributed by atoms with E-state index in [0.717, 1.165) is 23.9 Å². The minimum Gasteiger partial charge on any atom is -0.362 e. The zero-order chi connectivity index (χ0) is 22.7. The van der Waals surface area contributed by atoms with Gasteiger partial charge < -0.3 is 14.8 Å². The minimum atomic E-state index is 0.533. The molecule has 1 fully saturated rings. The van der Waals surface area contributed by atoms with Crippen molar-refractivity contribution in [1.82, 2.24) is 19.8 Å². The molecule has 0 saturated carbocycles. The predicted molar refractivity (Wildman–Crippen MR) is 135 cm³/mol. The molecular formula is C28H38N4. The van der Waals surface area contributed by atoms with Crippen molar-refractivity contribution in [3.05, 3.63) is 65.5 Å². The van der Waals surface area contributed by atoms with E-state index in [0.29, 0.717) is 5.92 Å². The van der Waals surface area contributed by atoms with Crippen LogP contribution in [-0.4, -0.2) is 59.0 Å². The van der Waals surface area contributed by atoms with Crippen LogP contribution in [0, 0.1) is 19.8 Å². The molecule has 1 N–H and O–H groups in total. The van der Waals surface area contributed by atoms with Crippen LogP contribution in [0.15, 0.2) is 48.5 Å². The van der Waals surface area contributed by atoms with Crippen LogP contribution in [-0.2, 0) is 0 Å². The fraction of sp³-hybridized carbons (Fsp3) is 0.464. The third-order valence-corrected chi connectivity index (χ3v) is 6.57. The van der Waals surface area contributed by atoms with Crippen LogP contribution in [0.4, 0.5) is 0 Å². The van der Waals surface area contributed by atoms with Gasteiger partial charge >= 0.3 is 0 Å². The standard InChI is InChI=1S/C28H38N4/c1-20(2)18-31-13-15-32(16-14-31)19-21(3)24-9-11-25(12-10-24)27-7-6-8-28(30-27)26-17-22(4)29-23(26)5/h6-12,17,20-21,29H,13-16,18-19H2,1-5H3. The number of aromatic nitrogens is 2. The van der Waals surface area contributed by atoms with Crippen molar-refractivity contribution in [1.29, 1.82) is 0 Å². The van der Waals surface area contributed by atoms with Gasteiger partial charge in [0.15, 0.2) is 0 Å². The van der Waals surface area contributed by atoms with Gasteiger partial charge in [-0.3, -0.25) is 0 Å². The Hall–Kier alpha value is -2.43. The maximum atomic E-state index is 4.95. The van der Waals surface area contributed by atoms with E-state index in [4.69, 9.17) is 4.98 Å². The molecule has 4 rings (SSSR count). The molecule has 32 heavy (non-hydrogen) atoms. The smallest absolute Gasteiger partial charge is 0.0727 e. The Morgan fingerprint density at radius 2 is 1.47 bits per heavy atom. The summed E-state index contributed by atoms with van der Waals surface area (Å²) in [6, 6.07) is 17.5. The largest absolute Gasteiger partial charge is 0.362 e. The van der Waals surface area contributed by atoms with Crippen LogP contribution in [0.3, 0.4) is 0 Å². The van der Waals surface area contributed by atoms with Gasteiger partial charge in [-0.15, -0.1) is 0 Å². The van der Waals surface area contributed by atoms with Gasteiger partial charge in [0.25, 0.3) is 0 Å². The molecule has 4 nitrogen and oxygen atoms in total. The van der Waals surface area contributed by atoms with E-state index in [1.807, 2.05) is 0 Å². The van der Waals surface area contributed by atoms with Gasteiger partial charge in [0.2, 0.25) is 0 Å². The second-order valence-electron chi connectivity index (χ2n) is 9.92. The van der Waals surface area contributed by atoms with Gasteiger partial charge in [-0.2, -0.15) is 0 Å². The van der Waals surface area contributed by atoms with Crippen LogP contribution in [0.2, 0.25) is 0 Å². The fourth-order valence-corrected chi connectivity index (χ4v) is 4.88. The SMILES string of the molecule is Cc1cc(-c2cccc(-c3ccc(C(C)CN4CCN(CC(C)C)CC4)cc3)n2)c(C)[nH]1. The van der Waals surface area contributed by atoms with Gasteiger partial charge in [0.1, 0.15) is 0 Å². The molecule has 1 atom stereocenters. The van der Waals surface area contributed by atoms with Crippen LogP contribution in [0.1, 0.15) is 43.6 Å². The van der Waals surface area contributed by atoms with E-state index < -0.39 is 0 Å². The highest BCUT2D eigenvalue weighted by molar-refractivity contribution is 5.68. The van der Waals surface area contributed by atoms with E-state index in [1.165, 1.54) is 60.8 Å². The number of piperazine rings is 1. The van der Waals surface area contributed by atoms with Crippen molar-refractivity contribution in [2.75, 3.05) is 39.3 Å². The highest BCUT2D eigenvalue weighted by Crippen LogP contribution is 2.27. The summed E-state index contributed by atoms with van der Waals surface area (Å²) in [6.45, 7) is 18.3. The van der Waals surface area contributed by atoms with Crippen molar-refractivity contribution in [3.63, 3.8) is 0 Å². The fourth-order valence-electron chi connectivity index (χ4n) is 4.88. The molecule has 1 aliphatic rings. The Morgan fingerprint density at radius 1 is 0.844 bits per heavy atom. The average molecular weight is 431 g/mol. The zero-order valence-electron chi connectivity index (χ0n) is 20.4. The molecule has 0 radical (unpaired) electrons. The quantitative estimate of drug-likeness (QED) is 0.519. The Kier molecular flexibility index (Phi) is 7.12. The Bertz CT molecular complexity index is 1010. The normalized spacial score (nSPS) is 16.6. The zero-order valence-corrected chi connectivity index (χ0v) is 20.4. The van der Waals surface area contributed by atoms with Crippen molar-refractivity contribution in [2.24, 2.45) is 5.92 Å². The molecule has 1 unspecified atom stereocenters. The monoisotopic (exact) mass is 430 g/mol. The van der Waals surface area contributed by atoms with E-state index in [9.17, 15) is 0 Å². The number of nitrogens with zero attached hydrogens (tertiary/aromatic N) is 3. The molecule has 0 bridgehead atoms. The van der Waals surface area contributed by atoms with E-state index in [1.54, 1.807) is 0 Å². The summed E-state index contributed by atoms with van der Waals surface area (Å²) in [5.41, 5.74) is 8.16. The first-order chi connectivity index (χ1) is 15.4. The molecule has 3 heterocycles. The molecule has 1 saturated heterocycles. The van der Waals surface area contributed by atoms with Crippen molar-refractivity contribution in [2.45, 2.75) is 40.5 Å². The second-order valence-corrected chi connectivity index (χ2v) is 9.92. The van der Waals surface area contributed by atoms with Crippen molar-refractivity contribution >= 4 is 0 Å². The lowest BCUT2D eigenvalue weighted by Gasteiger charge is -2.36. The minimum absolute atomic E-state index is 0.533. The van der Waals surface area contributed by atoms with E-state index >= 15 is 0 Å². The summed E-state index contributed by atoms with van der Waals surface area (Å²) in [5.74, 6) is 1.29. The van der Waals surface area contributed by atoms with E-state index in [2.05, 4.69) is 97.9 Å². The molecular weight excluding hydrogens is 392 g/mol. The van der Waals surface area contributed by atoms with Crippen LogP contribution >= 0.6 is 0 Å². The molecule has 1 aromatic carbocycles. The topological polar surface area (TPSA) is 35.2 Å². The van der Waals surface area contributed by atoms with Crippen LogP contribution < -0.4 is 0 Å². The van der Waals surface area contributed by atoms with Crippen molar-refractivity contribution in [3.8, 4) is 22.5 Å². The molecule has 170 valence electrons. The number of aryl methyl sites for hydroxylation is 2. The highest BCUT2D eigenvalue weighted by Gasteiger charge is 2.19. The maximum absolute atomic E-state index is 4.95. The average Bonchev–Trinajstić information content (AvgIpc) is 3.13. The molecule has 4 heteroatoms. The molecule has 0 aliphatic carbocycles. The molecule has 1 aliphatic heterocycles. The number of nitrogens with one attached hydrogen (secondary N) is 1. The summed E-state index contributed by atoms with van der Waals surface area (Å²) >= 11 is 0. The second kappa shape index (κ2) is 10.0. The lowest BCUT2D eigenvalue weighted by atomic mass is 9.98.